The van der Waals surface area contributed by atoms with Gasteiger partial charge in [0.25, 0.3) is 0 Å². The third kappa shape index (κ3) is 9.69. The molecular weight excluding hydrogens is 354 g/mol. The van der Waals surface area contributed by atoms with Crippen LogP contribution in [-0.2, 0) is 16.0 Å². The van der Waals surface area contributed by atoms with Crippen molar-refractivity contribution in [2.45, 2.75) is 39.2 Å². The predicted molar refractivity (Wildman–Crippen MR) is 112 cm³/mol. The monoisotopic (exact) mass is 383 g/mol. The molecule has 1 rings (SSSR count). The van der Waals surface area contributed by atoms with Crippen molar-refractivity contribution >= 4 is 11.9 Å². The Morgan fingerprint density at radius 3 is 2.11 bits per heavy atom. The lowest BCUT2D eigenvalue weighted by atomic mass is 10.1. The van der Waals surface area contributed by atoms with E-state index in [2.05, 4.69) is 32.3 Å². The average molecular weight is 383 g/mol. The Morgan fingerprint density at radius 1 is 1.00 bits per heavy atom. The van der Waals surface area contributed by atoms with E-state index in [9.17, 15) is 9.59 Å². The summed E-state index contributed by atoms with van der Waals surface area (Å²) >= 11 is 0. The quantitative estimate of drug-likeness (QED) is 0.252. The Hall–Kier alpha value is -2.92. The smallest absolute Gasteiger partial charge is 0.335 e. The van der Waals surface area contributed by atoms with Crippen LogP contribution in [0.3, 0.4) is 0 Å². The van der Waals surface area contributed by atoms with Crippen molar-refractivity contribution in [2.75, 3.05) is 6.54 Å². The van der Waals surface area contributed by atoms with Crippen LogP contribution in [0.1, 0.15) is 32.3 Å². The number of rotatable bonds is 12. The van der Waals surface area contributed by atoms with Gasteiger partial charge in [-0.25, -0.2) is 9.59 Å². The molecule has 150 valence electrons. The Morgan fingerprint density at radius 2 is 1.57 bits per heavy atom. The van der Waals surface area contributed by atoms with Crippen molar-refractivity contribution < 1.29 is 19.1 Å². The Balaban J connectivity index is 2.94. The van der Waals surface area contributed by atoms with Gasteiger partial charge in [0.1, 0.15) is 0 Å². The number of ether oxygens (including phenoxy) is 2. The van der Waals surface area contributed by atoms with Gasteiger partial charge in [-0.05, 0) is 43.5 Å². The van der Waals surface area contributed by atoms with Gasteiger partial charge in [0.15, 0.2) is 11.5 Å². The predicted octanol–water partition coefficient (Wildman–Crippen LogP) is 4.30. The van der Waals surface area contributed by atoms with Gasteiger partial charge in [0.2, 0.25) is 0 Å². The summed E-state index contributed by atoms with van der Waals surface area (Å²) in [5.74, 6) is -0.686. The molecule has 28 heavy (non-hydrogen) atoms. The molecule has 0 heterocycles. The minimum absolute atomic E-state index is 0.194. The van der Waals surface area contributed by atoms with Gasteiger partial charge in [0.05, 0.1) is 0 Å². The molecule has 0 aromatic heterocycles. The molecule has 0 aliphatic heterocycles. The molecule has 1 N–H and O–H groups in total. The molecule has 5 heteroatoms. The molecular formula is C23H29NO4. The highest BCUT2D eigenvalue weighted by molar-refractivity contribution is 5.86. The first-order valence-corrected chi connectivity index (χ1v) is 9.31. The van der Waals surface area contributed by atoms with Gasteiger partial charge in [-0.1, -0.05) is 44.2 Å². The van der Waals surface area contributed by atoms with Gasteiger partial charge in [-0.3, -0.25) is 0 Å². The van der Waals surface area contributed by atoms with Crippen LogP contribution in [0.15, 0.2) is 67.8 Å². The third-order valence-electron chi connectivity index (χ3n) is 3.51. The van der Waals surface area contributed by atoms with Gasteiger partial charge < -0.3 is 14.8 Å². The Labute approximate surface area is 167 Å². The summed E-state index contributed by atoms with van der Waals surface area (Å²) in [4.78, 5) is 24.0. The van der Waals surface area contributed by atoms with Crippen molar-refractivity contribution in [1.29, 1.82) is 0 Å². The zero-order valence-corrected chi connectivity index (χ0v) is 16.6. The van der Waals surface area contributed by atoms with Crippen LogP contribution in [0.4, 0.5) is 0 Å². The van der Waals surface area contributed by atoms with E-state index in [-0.39, 0.29) is 11.5 Å². The molecule has 0 atom stereocenters. The summed E-state index contributed by atoms with van der Waals surface area (Å²) in [5, 5.41) is 3.33. The second-order valence-electron chi connectivity index (χ2n) is 6.34. The second-order valence-corrected chi connectivity index (χ2v) is 6.34. The first kappa shape index (κ1) is 23.1. The Kier molecular flexibility index (Phi) is 11.0. The number of allylic oxidation sites excluding steroid dienone is 4. The normalized spacial score (nSPS) is 11.1. The standard InChI is InChI=1S/C23H29NO4/c1-5-7-9-11-22(25)27-20-14-13-19(15-16-24-18(3)4)17-21(20)28-23(26)12-10-8-6-2/h5-6,9-14,17-18,24H,1-2,7-8,15-16H2,3-4H3/b11-9+,12-10+. The third-order valence-corrected chi connectivity index (χ3v) is 3.51. The van der Waals surface area contributed by atoms with Crippen LogP contribution in [0, 0.1) is 0 Å². The largest absolute Gasteiger partial charge is 0.419 e. The van der Waals surface area contributed by atoms with Crippen LogP contribution >= 0.6 is 0 Å². The van der Waals surface area contributed by atoms with Crippen LogP contribution in [0.25, 0.3) is 0 Å². The topological polar surface area (TPSA) is 64.6 Å². The number of carbonyl (C=O) groups is 2. The fourth-order valence-corrected chi connectivity index (χ4v) is 2.18. The van der Waals surface area contributed by atoms with Crippen molar-refractivity contribution in [3.63, 3.8) is 0 Å². The number of nitrogens with one attached hydrogen (secondary N) is 1. The molecule has 0 radical (unpaired) electrons. The second kappa shape index (κ2) is 13.3. The first-order valence-electron chi connectivity index (χ1n) is 9.31. The van der Waals surface area contributed by atoms with E-state index in [0.717, 1.165) is 18.5 Å². The van der Waals surface area contributed by atoms with E-state index in [4.69, 9.17) is 9.47 Å². The highest BCUT2D eigenvalue weighted by atomic mass is 16.6. The molecule has 0 fully saturated rings. The van der Waals surface area contributed by atoms with Crippen LogP contribution in [0.5, 0.6) is 11.5 Å². The summed E-state index contributed by atoms with van der Waals surface area (Å²) in [6, 6.07) is 5.59. The van der Waals surface area contributed by atoms with E-state index in [1.165, 1.54) is 12.2 Å². The zero-order chi connectivity index (χ0) is 20.8. The number of benzene rings is 1. The van der Waals surface area contributed by atoms with Gasteiger partial charge >= 0.3 is 11.9 Å². The van der Waals surface area contributed by atoms with Gasteiger partial charge in [-0.2, -0.15) is 0 Å². The number of hydrogen-bond acceptors (Lipinski definition) is 5. The van der Waals surface area contributed by atoms with Crippen molar-refractivity contribution in [2.24, 2.45) is 0 Å². The minimum atomic E-state index is -0.546. The molecule has 1 aromatic carbocycles. The maximum absolute atomic E-state index is 12.0. The number of esters is 2. The Bertz CT molecular complexity index is 732. The fraction of sp³-hybridized carbons (Fsp3) is 0.304. The summed E-state index contributed by atoms with van der Waals surface area (Å²) < 4.78 is 10.7. The van der Waals surface area contributed by atoms with Crippen molar-refractivity contribution in [1.82, 2.24) is 5.32 Å². The molecule has 0 bridgehead atoms. The lowest BCUT2D eigenvalue weighted by Gasteiger charge is -2.12. The highest BCUT2D eigenvalue weighted by Gasteiger charge is 2.13. The van der Waals surface area contributed by atoms with E-state index in [1.807, 2.05) is 6.07 Å². The maximum Gasteiger partial charge on any atom is 0.335 e. The number of carbonyl (C=O) groups excluding carboxylic acids is 2. The lowest BCUT2D eigenvalue weighted by Crippen LogP contribution is -2.24. The van der Waals surface area contributed by atoms with E-state index in [0.29, 0.717) is 18.9 Å². The molecule has 0 unspecified atom stereocenters. The van der Waals surface area contributed by atoms with Crippen LogP contribution in [0.2, 0.25) is 0 Å². The molecule has 0 saturated heterocycles. The molecule has 1 aromatic rings. The van der Waals surface area contributed by atoms with Crippen molar-refractivity contribution in [3.05, 3.63) is 73.4 Å². The highest BCUT2D eigenvalue weighted by Crippen LogP contribution is 2.29. The SMILES string of the molecule is C=CC/C=C/C(=O)Oc1ccc(CCNC(C)C)cc1OC(=O)/C=C/CC=C. The summed E-state index contributed by atoms with van der Waals surface area (Å²) in [6.07, 6.45) is 11.2. The van der Waals surface area contributed by atoms with E-state index >= 15 is 0 Å². The van der Waals surface area contributed by atoms with Crippen molar-refractivity contribution in [3.8, 4) is 11.5 Å². The van der Waals surface area contributed by atoms with Crippen LogP contribution in [-0.4, -0.2) is 24.5 Å². The molecule has 0 aliphatic carbocycles. The fourth-order valence-electron chi connectivity index (χ4n) is 2.18. The first-order chi connectivity index (χ1) is 13.5. The summed E-state index contributed by atoms with van der Waals surface area (Å²) in [7, 11) is 0. The summed E-state index contributed by atoms with van der Waals surface area (Å²) in [6.45, 7) is 12.1. The molecule has 0 aliphatic rings. The molecule has 0 amide bonds. The minimum Gasteiger partial charge on any atom is -0.419 e. The van der Waals surface area contributed by atoms with E-state index in [1.54, 1.807) is 36.4 Å². The lowest BCUT2D eigenvalue weighted by molar-refractivity contribution is -0.131. The number of hydrogen-bond donors (Lipinski definition) is 1. The molecule has 0 saturated carbocycles. The van der Waals surface area contributed by atoms with Gasteiger partial charge in [0, 0.05) is 18.2 Å². The summed E-state index contributed by atoms with van der Waals surface area (Å²) in [5.41, 5.74) is 0.966. The average Bonchev–Trinajstić information content (AvgIpc) is 2.64. The zero-order valence-electron chi connectivity index (χ0n) is 16.6. The maximum atomic E-state index is 12.0. The van der Waals surface area contributed by atoms with Crippen LogP contribution < -0.4 is 14.8 Å². The van der Waals surface area contributed by atoms with Gasteiger partial charge in [-0.15, -0.1) is 13.2 Å². The molecule has 5 nitrogen and oxygen atoms in total. The van der Waals surface area contributed by atoms with E-state index < -0.39 is 11.9 Å². The molecule has 0 spiro atoms.